The van der Waals surface area contributed by atoms with E-state index in [1.54, 1.807) is 0 Å². The van der Waals surface area contributed by atoms with E-state index in [0.29, 0.717) is 18.2 Å². The van der Waals surface area contributed by atoms with Crippen molar-refractivity contribution in [2.24, 2.45) is 5.92 Å². The van der Waals surface area contributed by atoms with Crippen molar-refractivity contribution >= 4 is 16.9 Å². The van der Waals surface area contributed by atoms with Crippen LogP contribution in [0.3, 0.4) is 0 Å². The molecule has 0 radical (unpaired) electrons. The number of carbonyl (C=O) groups is 1. The van der Waals surface area contributed by atoms with Gasteiger partial charge in [0.15, 0.2) is 0 Å². The van der Waals surface area contributed by atoms with Crippen molar-refractivity contribution in [1.82, 2.24) is 14.5 Å². The van der Waals surface area contributed by atoms with Crippen molar-refractivity contribution in [3.05, 3.63) is 42.2 Å². The van der Waals surface area contributed by atoms with Crippen molar-refractivity contribution in [3.8, 4) is 0 Å². The van der Waals surface area contributed by atoms with E-state index >= 15 is 0 Å². The van der Waals surface area contributed by atoms with Crippen LogP contribution in [0.15, 0.2) is 36.4 Å². The molecule has 1 amide bonds. The van der Waals surface area contributed by atoms with Crippen molar-refractivity contribution in [1.29, 1.82) is 0 Å². The molecule has 1 fully saturated rings. The maximum absolute atomic E-state index is 12.9. The van der Waals surface area contributed by atoms with Gasteiger partial charge in [-0.2, -0.15) is 0 Å². The van der Waals surface area contributed by atoms with E-state index in [2.05, 4.69) is 46.7 Å². The van der Waals surface area contributed by atoms with E-state index in [1.165, 1.54) is 5.52 Å². The highest BCUT2D eigenvalue weighted by atomic mass is 16.2. The maximum Gasteiger partial charge on any atom is 0.223 e. The Kier molecular flexibility index (Phi) is 4.13. The largest absolute Gasteiger partial charge is 0.332 e. The highest BCUT2D eigenvalue weighted by Gasteiger charge is 2.34. The second-order valence-corrected chi connectivity index (χ2v) is 6.92. The zero-order valence-electron chi connectivity index (χ0n) is 14.3. The lowest BCUT2D eigenvalue weighted by atomic mass is 10.0. The lowest BCUT2D eigenvalue weighted by Gasteiger charge is -2.26. The van der Waals surface area contributed by atoms with Gasteiger partial charge in [0.05, 0.1) is 17.1 Å². The summed E-state index contributed by atoms with van der Waals surface area (Å²) in [5.41, 5.74) is 2.21. The summed E-state index contributed by atoms with van der Waals surface area (Å²) in [5, 5.41) is 0. The predicted octanol–water partition coefficient (Wildman–Crippen LogP) is 4.08. The molecule has 1 aliphatic carbocycles. The van der Waals surface area contributed by atoms with Gasteiger partial charge in [0.1, 0.15) is 5.82 Å². The Labute approximate surface area is 143 Å². The summed E-state index contributed by atoms with van der Waals surface area (Å²) in [4.78, 5) is 19.8. The molecule has 2 aromatic rings. The van der Waals surface area contributed by atoms with E-state index in [-0.39, 0.29) is 6.04 Å². The van der Waals surface area contributed by atoms with Gasteiger partial charge in [-0.25, -0.2) is 4.98 Å². The molecule has 2 aliphatic rings. The summed E-state index contributed by atoms with van der Waals surface area (Å²) in [5.74, 6) is 1.79. The summed E-state index contributed by atoms with van der Waals surface area (Å²) in [6, 6.07) is 8.41. The van der Waals surface area contributed by atoms with Crippen LogP contribution in [0.1, 0.15) is 50.9 Å². The first-order chi connectivity index (χ1) is 11.8. The lowest BCUT2D eigenvalue weighted by Crippen LogP contribution is -2.32. The molecule has 4 rings (SSSR count). The number of benzene rings is 1. The SMILES string of the molecule is CCn1c([C@@H]2CCCN2C(=O)C[C@@H]2C=CCC2)nc2ccccc21. The van der Waals surface area contributed by atoms with Gasteiger partial charge in [0.2, 0.25) is 5.91 Å². The van der Waals surface area contributed by atoms with Crippen LogP contribution in [0.25, 0.3) is 11.0 Å². The molecule has 1 saturated heterocycles. The minimum absolute atomic E-state index is 0.134. The number of nitrogens with zero attached hydrogens (tertiary/aromatic N) is 3. The molecule has 0 spiro atoms. The van der Waals surface area contributed by atoms with Crippen molar-refractivity contribution in [2.75, 3.05) is 6.54 Å². The Morgan fingerprint density at radius 1 is 1.29 bits per heavy atom. The fraction of sp³-hybridized carbons (Fsp3) is 0.500. The highest BCUT2D eigenvalue weighted by molar-refractivity contribution is 5.79. The Balaban J connectivity index is 1.62. The number of aromatic nitrogens is 2. The molecule has 0 unspecified atom stereocenters. The van der Waals surface area contributed by atoms with Gasteiger partial charge in [-0.3, -0.25) is 4.79 Å². The zero-order valence-corrected chi connectivity index (χ0v) is 14.3. The number of likely N-dealkylation sites (tertiary alicyclic amines) is 1. The Morgan fingerprint density at radius 2 is 2.17 bits per heavy atom. The van der Waals surface area contributed by atoms with Crippen LogP contribution in [0.5, 0.6) is 0 Å². The van der Waals surface area contributed by atoms with Crippen LogP contribution in [0, 0.1) is 5.92 Å². The second kappa shape index (κ2) is 6.42. The van der Waals surface area contributed by atoms with Crippen LogP contribution >= 0.6 is 0 Å². The Morgan fingerprint density at radius 3 is 2.96 bits per heavy atom. The zero-order chi connectivity index (χ0) is 16.5. The van der Waals surface area contributed by atoms with E-state index in [0.717, 1.165) is 50.1 Å². The molecule has 1 aliphatic heterocycles. The van der Waals surface area contributed by atoms with Gasteiger partial charge in [-0.1, -0.05) is 24.3 Å². The van der Waals surface area contributed by atoms with Crippen LogP contribution in [-0.4, -0.2) is 26.9 Å². The summed E-state index contributed by atoms with van der Waals surface area (Å²) >= 11 is 0. The molecule has 4 heteroatoms. The molecule has 0 N–H and O–H groups in total. The van der Waals surface area contributed by atoms with E-state index in [1.807, 2.05) is 6.07 Å². The molecule has 0 saturated carbocycles. The molecule has 24 heavy (non-hydrogen) atoms. The van der Waals surface area contributed by atoms with Gasteiger partial charge < -0.3 is 9.47 Å². The average molecular weight is 323 g/mol. The molecule has 1 aromatic heterocycles. The molecule has 2 heterocycles. The summed E-state index contributed by atoms with van der Waals surface area (Å²) < 4.78 is 2.28. The van der Waals surface area contributed by atoms with Crippen LogP contribution < -0.4 is 0 Å². The molecular formula is C20H25N3O. The van der Waals surface area contributed by atoms with Crippen LogP contribution in [0.2, 0.25) is 0 Å². The van der Waals surface area contributed by atoms with Crippen molar-refractivity contribution < 1.29 is 4.79 Å². The molecule has 0 bridgehead atoms. The minimum Gasteiger partial charge on any atom is -0.332 e. The summed E-state index contributed by atoms with van der Waals surface area (Å²) in [7, 11) is 0. The maximum atomic E-state index is 12.9. The van der Waals surface area contributed by atoms with Gasteiger partial charge in [-0.15, -0.1) is 0 Å². The normalized spacial score (nSPS) is 23.5. The van der Waals surface area contributed by atoms with E-state index in [9.17, 15) is 4.79 Å². The van der Waals surface area contributed by atoms with Gasteiger partial charge >= 0.3 is 0 Å². The number of para-hydroxylation sites is 2. The number of rotatable bonds is 4. The fourth-order valence-electron chi connectivity index (χ4n) is 4.22. The number of aryl methyl sites for hydroxylation is 1. The number of carbonyl (C=O) groups excluding carboxylic acids is 1. The van der Waals surface area contributed by atoms with Crippen molar-refractivity contribution in [2.45, 2.75) is 51.6 Å². The van der Waals surface area contributed by atoms with E-state index < -0.39 is 0 Å². The standard InChI is InChI=1S/C20H25N3O/c1-2-22-17-11-6-5-10-16(17)21-20(22)18-12-7-13-23(18)19(24)14-15-8-3-4-9-15/h3,5-6,8,10-11,15,18H,2,4,7,9,12-14H2,1H3/t15-,18+/m1/s1. The molecular weight excluding hydrogens is 298 g/mol. The van der Waals surface area contributed by atoms with Gasteiger partial charge in [0.25, 0.3) is 0 Å². The number of imidazole rings is 1. The van der Waals surface area contributed by atoms with Crippen LogP contribution in [0.4, 0.5) is 0 Å². The number of hydrogen-bond acceptors (Lipinski definition) is 2. The predicted molar refractivity (Wildman–Crippen MR) is 95.6 cm³/mol. The summed E-state index contributed by atoms with van der Waals surface area (Å²) in [6.07, 6.45) is 9.41. The van der Waals surface area contributed by atoms with Crippen molar-refractivity contribution in [3.63, 3.8) is 0 Å². The third kappa shape index (κ3) is 2.64. The number of hydrogen-bond donors (Lipinski definition) is 0. The first-order valence-corrected chi connectivity index (χ1v) is 9.19. The third-order valence-corrected chi connectivity index (χ3v) is 5.42. The number of amides is 1. The smallest absolute Gasteiger partial charge is 0.223 e. The fourth-order valence-corrected chi connectivity index (χ4v) is 4.22. The molecule has 126 valence electrons. The highest BCUT2D eigenvalue weighted by Crippen LogP contribution is 2.35. The monoisotopic (exact) mass is 323 g/mol. The number of allylic oxidation sites excluding steroid dienone is 2. The quantitative estimate of drug-likeness (QED) is 0.795. The lowest BCUT2D eigenvalue weighted by molar-refractivity contribution is -0.133. The molecule has 2 atom stereocenters. The minimum atomic E-state index is 0.134. The van der Waals surface area contributed by atoms with Crippen LogP contribution in [-0.2, 0) is 11.3 Å². The van der Waals surface area contributed by atoms with E-state index in [4.69, 9.17) is 4.98 Å². The average Bonchev–Trinajstić information content (AvgIpc) is 3.33. The Bertz CT molecular complexity index is 776. The number of fused-ring (bicyclic) bond motifs is 1. The summed E-state index contributed by atoms with van der Waals surface area (Å²) in [6.45, 7) is 3.91. The van der Waals surface area contributed by atoms with Gasteiger partial charge in [0, 0.05) is 19.5 Å². The second-order valence-electron chi connectivity index (χ2n) is 6.92. The third-order valence-electron chi connectivity index (χ3n) is 5.42. The molecule has 4 nitrogen and oxygen atoms in total. The topological polar surface area (TPSA) is 38.1 Å². The molecule has 1 aromatic carbocycles. The Hall–Kier alpha value is -2.10. The first kappa shape index (κ1) is 15.4. The first-order valence-electron chi connectivity index (χ1n) is 9.19. The van der Waals surface area contributed by atoms with Gasteiger partial charge in [-0.05, 0) is 50.7 Å².